The van der Waals surface area contributed by atoms with Gasteiger partial charge in [0, 0.05) is 10.8 Å². The fourth-order valence-corrected chi connectivity index (χ4v) is 5.99. The molecule has 6 aromatic rings. The van der Waals surface area contributed by atoms with Crippen molar-refractivity contribution in [2.24, 2.45) is 0 Å². The molecule has 0 spiro atoms. The van der Waals surface area contributed by atoms with E-state index in [9.17, 15) is 0 Å². The minimum absolute atomic E-state index is 0.482. The zero-order valence-corrected chi connectivity index (χ0v) is 18.5. The molecule has 1 heterocycles. The third-order valence-corrected chi connectivity index (χ3v) is 7.34. The van der Waals surface area contributed by atoms with E-state index in [0.29, 0.717) is 5.02 Å². The molecule has 1 nitrogen and oxygen atoms in total. The topological polar surface area (TPSA) is 13.1 Å². The van der Waals surface area contributed by atoms with Gasteiger partial charge < -0.3 is 4.42 Å². The molecule has 1 aliphatic rings. The second-order valence-corrected chi connectivity index (χ2v) is 9.01. The Bertz CT molecular complexity index is 1630. The Labute approximate surface area is 196 Å². The van der Waals surface area contributed by atoms with Crippen LogP contribution in [-0.4, -0.2) is 0 Å². The van der Waals surface area contributed by atoms with Crippen molar-refractivity contribution in [3.8, 4) is 11.1 Å². The molecule has 0 unspecified atom stereocenters. The van der Waals surface area contributed by atoms with Crippen LogP contribution < -0.4 is 0 Å². The van der Waals surface area contributed by atoms with E-state index in [0.717, 1.165) is 21.9 Å². The van der Waals surface area contributed by atoms with Crippen molar-refractivity contribution in [3.05, 3.63) is 143 Å². The highest BCUT2D eigenvalue weighted by molar-refractivity contribution is 6.36. The second kappa shape index (κ2) is 6.84. The summed E-state index contributed by atoms with van der Waals surface area (Å²) in [5, 5.41) is 2.79. The molecule has 156 valence electrons. The van der Waals surface area contributed by atoms with Crippen LogP contribution in [0.5, 0.6) is 0 Å². The van der Waals surface area contributed by atoms with Crippen LogP contribution in [-0.2, 0) is 5.41 Å². The molecule has 1 aromatic heterocycles. The van der Waals surface area contributed by atoms with Gasteiger partial charge in [0.25, 0.3) is 0 Å². The number of furan rings is 1. The summed E-state index contributed by atoms with van der Waals surface area (Å²) < 4.78 is 6.31. The maximum Gasteiger partial charge on any atom is 0.154 e. The van der Waals surface area contributed by atoms with E-state index in [4.69, 9.17) is 16.0 Å². The fourth-order valence-electron chi connectivity index (χ4n) is 5.79. The van der Waals surface area contributed by atoms with Gasteiger partial charge in [-0.2, -0.15) is 0 Å². The molecular formula is C31H19ClO. The molecule has 0 N–H and O–H groups in total. The molecule has 0 amide bonds. The summed E-state index contributed by atoms with van der Waals surface area (Å²) in [7, 11) is 0. The van der Waals surface area contributed by atoms with Crippen LogP contribution in [0.15, 0.2) is 120 Å². The smallest absolute Gasteiger partial charge is 0.154 e. The first kappa shape index (κ1) is 18.7. The zero-order chi connectivity index (χ0) is 22.0. The van der Waals surface area contributed by atoms with E-state index < -0.39 is 5.41 Å². The Morgan fingerprint density at radius 2 is 1.15 bits per heavy atom. The Morgan fingerprint density at radius 1 is 0.545 bits per heavy atom. The second-order valence-electron chi connectivity index (χ2n) is 8.60. The number of fused-ring (bicyclic) bond motifs is 6. The minimum Gasteiger partial charge on any atom is -0.454 e. The Morgan fingerprint density at radius 3 is 1.88 bits per heavy atom. The number of hydrogen-bond donors (Lipinski definition) is 0. The van der Waals surface area contributed by atoms with Gasteiger partial charge in [0.2, 0.25) is 0 Å². The monoisotopic (exact) mass is 442 g/mol. The first-order chi connectivity index (χ1) is 16.3. The van der Waals surface area contributed by atoms with Crippen LogP contribution in [0.3, 0.4) is 0 Å². The van der Waals surface area contributed by atoms with Crippen molar-refractivity contribution < 1.29 is 4.42 Å². The number of rotatable bonds is 2. The lowest BCUT2D eigenvalue weighted by Crippen LogP contribution is -2.28. The summed E-state index contributed by atoms with van der Waals surface area (Å²) >= 11 is 6.71. The molecule has 1 aliphatic carbocycles. The van der Waals surface area contributed by atoms with E-state index in [1.54, 1.807) is 0 Å². The SMILES string of the molecule is Clc1ccc(C2(c3ccccc3)c3ccccc3-c3ccccc32)c2c1oc1ccccc12. The predicted molar refractivity (Wildman–Crippen MR) is 136 cm³/mol. The molecule has 0 aliphatic heterocycles. The molecule has 7 rings (SSSR count). The molecule has 0 bridgehead atoms. The average Bonchev–Trinajstić information content (AvgIpc) is 3.41. The van der Waals surface area contributed by atoms with Gasteiger partial charge in [-0.15, -0.1) is 0 Å². The Kier molecular flexibility index (Phi) is 3.88. The van der Waals surface area contributed by atoms with Crippen molar-refractivity contribution >= 4 is 33.5 Å². The molecule has 0 saturated carbocycles. The van der Waals surface area contributed by atoms with E-state index in [1.807, 2.05) is 18.2 Å². The Hall–Kier alpha value is -3.81. The van der Waals surface area contributed by atoms with E-state index in [2.05, 4.69) is 97.1 Å². The van der Waals surface area contributed by atoms with Crippen LogP contribution in [0.1, 0.15) is 22.3 Å². The maximum atomic E-state index is 6.71. The highest BCUT2D eigenvalue weighted by Crippen LogP contribution is 2.58. The van der Waals surface area contributed by atoms with Crippen molar-refractivity contribution in [1.29, 1.82) is 0 Å². The Balaban J connectivity index is 1.75. The van der Waals surface area contributed by atoms with E-state index in [-0.39, 0.29) is 0 Å². The summed E-state index contributed by atoms with van der Waals surface area (Å²) in [6.07, 6.45) is 0. The number of benzene rings is 5. The zero-order valence-electron chi connectivity index (χ0n) is 17.8. The minimum atomic E-state index is -0.482. The molecule has 0 atom stereocenters. The van der Waals surface area contributed by atoms with Crippen LogP contribution in [0.4, 0.5) is 0 Å². The largest absolute Gasteiger partial charge is 0.454 e. The fraction of sp³-hybridized carbons (Fsp3) is 0.0323. The number of hydrogen-bond acceptors (Lipinski definition) is 1. The third-order valence-electron chi connectivity index (χ3n) is 7.04. The summed E-state index contributed by atoms with van der Waals surface area (Å²) in [6.45, 7) is 0. The van der Waals surface area contributed by atoms with Gasteiger partial charge >= 0.3 is 0 Å². The standard InChI is InChI=1S/C31H19ClO/c32-27-19-18-26(29-23-14-6-9-17-28(23)33-30(27)29)31(20-10-2-1-3-11-20)24-15-7-4-12-21(24)22-13-5-8-16-25(22)31/h1-19H. The maximum absolute atomic E-state index is 6.71. The van der Waals surface area contributed by atoms with Gasteiger partial charge in [-0.05, 0) is 45.5 Å². The van der Waals surface area contributed by atoms with Crippen molar-refractivity contribution in [2.75, 3.05) is 0 Å². The molecular weight excluding hydrogens is 424 g/mol. The highest BCUT2D eigenvalue weighted by Gasteiger charge is 2.47. The summed E-state index contributed by atoms with van der Waals surface area (Å²) in [5.41, 5.74) is 8.64. The highest BCUT2D eigenvalue weighted by atomic mass is 35.5. The summed E-state index contributed by atoms with van der Waals surface area (Å²) in [6, 6.07) is 40.7. The molecule has 0 fully saturated rings. The van der Waals surface area contributed by atoms with Crippen LogP contribution >= 0.6 is 11.6 Å². The molecule has 0 radical (unpaired) electrons. The number of para-hydroxylation sites is 1. The van der Waals surface area contributed by atoms with Crippen molar-refractivity contribution in [3.63, 3.8) is 0 Å². The molecule has 0 saturated heterocycles. The van der Waals surface area contributed by atoms with Crippen molar-refractivity contribution in [1.82, 2.24) is 0 Å². The molecule has 5 aromatic carbocycles. The van der Waals surface area contributed by atoms with Crippen LogP contribution in [0, 0.1) is 0 Å². The van der Waals surface area contributed by atoms with Gasteiger partial charge in [0.15, 0.2) is 5.58 Å². The summed E-state index contributed by atoms with van der Waals surface area (Å²) in [4.78, 5) is 0. The van der Waals surface area contributed by atoms with Gasteiger partial charge in [-0.1, -0.05) is 115 Å². The normalized spacial score (nSPS) is 13.8. The van der Waals surface area contributed by atoms with Crippen LogP contribution in [0.2, 0.25) is 5.02 Å². The number of halogens is 1. The first-order valence-corrected chi connectivity index (χ1v) is 11.5. The lowest BCUT2D eigenvalue weighted by Gasteiger charge is -2.34. The summed E-state index contributed by atoms with van der Waals surface area (Å²) in [5.74, 6) is 0. The van der Waals surface area contributed by atoms with Crippen molar-refractivity contribution in [2.45, 2.75) is 5.41 Å². The molecule has 2 heteroatoms. The predicted octanol–water partition coefficient (Wildman–Crippen LogP) is 8.60. The van der Waals surface area contributed by atoms with E-state index >= 15 is 0 Å². The quantitative estimate of drug-likeness (QED) is 0.261. The first-order valence-electron chi connectivity index (χ1n) is 11.2. The van der Waals surface area contributed by atoms with Crippen LogP contribution in [0.25, 0.3) is 33.1 Å². The van der Waals surface area contributed by atoms with Gasteiger partial charge in [-0.3, -0.25) is 0 Å². The van der Waals surface area contributed by atoms with E-state index in [1.165, 1.54) is 33.4 Å². The van der Waals surface area contributed by atoms with Gasteiger partial charge in [0.05, 0.1) is 10.4 Å². The average molecular weight is 443 g/mol. The third kappa shape index (κ3) is 2.38. The van der Waals surface area contributed by atoms with Gasteiger partial charge in [-0.25, -0.2) is 0 Å². The van der Waals surface area contributed by atoms with Gasteiger partial charge in [0.1, 0.15) is 5.58 Å². The molecule has 33 heavy (non-hydrogen) atoms. The lowest BCUT2D eigenvalue weighted by atomic mass is 9.66. The lowest BCUT2D eigenvalue weighted by molar-refractivity contribution is 0.668.